The average molecular weight is 284 g/mol. The van der Waals surface area contributed by atoms with Crippen molar-refractivity contribution in [2.24, 2.45) is 17.8 Å². The Morgan fingerprint density at radius 2 is 2.00 bits per heavy atom. The molecule has 0 aromatic carbocycles. The zero-order valence-electron chi connectivity index (χ0n) is 10.9. The summed E-state index contributed by atoms with van der Waals surface area (Å²) < 4.78 is 10.5. The number of rotatable bonds is 6. The van der Waals surface area contributed by atoms with Crippen LogP contribution < -0.4 is 9.44 Å². The normalized spacial score (nSPS) is 28.2. The standard InChI is InChI=1S/C13H20N2O3S/c16-8-7-14-19-15-13(17)18-9-12-10-5-3-1-2-4-6-11(10)12/h10-12,14,16H,3-9H2,(H,15,17)/t10-,11+,12-. The fourth-order valence-electron chi connectivity index (χ4n) is 2.66. The van der Waals surface area contributed by atoms with Gasteiger partial charge in [0.1, 0.15) is 0 Å². The Bertz CT molecular complexity index is 349. The molecule has 1 saturated carbocycles. The van der Waals surface area contributed by atoms with Gasteiger partial charge in [-0.1, -0.05) is 0 Å². The number of ether oxygens (including phenoxy) is 1. The molecule has 0 heterocycles. The van der Waals surface area contributed by atoms with Crippen molar-refractivity contribution in [3.05, 3.63) is 0 Å². The molecule has 1 amide bonds. The number of carbonyl (C=O) groups is 1. The van der Waals surface area contributed by atoms with E-state index in [1.807, 2.05) is 0 Å². The van der Waals surface area contributed by atoms with Gasteiger partial charge in [0.2, 0.25) is 0 Å². The SMILES string of the molecule is O=C(NSNCCO)OC[C@@H]1[C@@H]2CCC#CCC[C@@H]21. The molecule has 0 spiro atoms. The lowest BCUT2D eigenvalue weighted by molar-refractivity contribution is 0.144. The Morgan fingerprint density at radius 1 is 1.32 bits per heavy atom. The van der Waals surface area contributed by atoms with E-state index in [-0.39, 0.29) is 6.61 Å². The van der Waals surface area contributed by atoms with Crippen molar-refractivity contribution in [3.8, 4) is 11.8 Å². The van der Waals surface area contributed by atoms with Crippen LogP contribution in [-0.4, -0.2) is 31.0 Å². The molecule has 5 nitrogen and oxygen atoms in total. The van der Waals surface area contributed by atoms with Gasteiger partial charge in [-0.2, -0.15) is 0 Å². The third kappa shape index (κ3) is 4.60. The molecule has 3 atom stereocenters. The molecule has 0 saturated heterocycles. The van der Waals surface area contributed by atoms with Crippen LogP contribution in [-0.2, 0) is 4.74 Å². The van der Waals surface area contributed by atoms with Crippen LogP contribution in [0.1, 0.15) is 25.7 Å². The topological polar surface area (TPSA) is 70.6 Å². The second-order valence-electron chi connectivity index (χ2n) is 4.84. The monoisotopic (exact) mass is 284 g/mol. The van der Waals surface area contributed by atoms with E-state index >= 15 is 0 Å². The molecule has 1 fully saturated rings. The third-order valence-electron chi connectivity index (χ3n) is 3.67. The summed E-state index contributed by atoms with van der Waals surface area (Å²) >= 11 is 1.04. The Hall–Kier alpha value is -0.900. The first-order valence-corrected chi connectivity index (χ1v) is 7.52. The number of amides is 1. The lowest BCUT2D eigenvalue weighted by atomic mass is 10.1. The molecule has 0 aromatic heterocycles. The highest BCUT2D eigenvalue weighted by molar-refractivity contribution is 7.96. The largest absolute Gasteiger partial charge is 0.449 e. The van der Waals surface area contributed by atoms with Crippen LogP contribution in [0.2, 0.25) is 0 Å². The van der Waals surface area contributed by atoms with Crippen molar-refractivity contribution in [2.75, 3.05) is 19.8 Å². The molecule has 0 aliphatic heterocycles. The summed E-state index contributed by atoms with van der Waals surface area (Å²) in [7, 11) is 0. The highest BCUT2D eigenvalue weighted by atomic mass is 32.2. The predicted molar refractivity (Wildman–Crippen MR) is 73.9 cm³/mol. The van der Waals surface area contributed by atoms with Crippen LogP contribution in [0, 0.1) is 29.6 Å². The minimum absolute atomic E-state index is 0.0389. The lowest BCUT2D eigenvalue weighted by Gasteiger charge is -2.06. The van der Waals surface area contributed by atoms with Gasteiger partial charge < -0.3 is 9.84 Å². The smallest absolute Gasteiger partial charge is 0.418 e. The molecular formula is C13H20N2O3S. The van der Waals surface area contributed by atoms with E-state index in [0.29, 0.717) is 30.9 Å². The Kier molecular flexibility index (Phi) is 5.83. The minimum atomic E-state index is -0.425. The number of aliphatic hydroxyl groups is 1. The molecule has 0 unspecified atom stereocenters. The summed E-state index contributed by atoms with van der Waals surface area (Å²) in [6.45, 7) is 0.969. The van der Waals surface area contributed by atoms with Crippen molar-refractivity contribution >= 4 is 18.2 Å². The third-order valence-corrected chi connectivity index (χ3v) is 4.28. The molecule has 2 aliphatic rings. The van der Waals surface area contributed by atoms with Crippen LogP contribution in [0.15, 0.2) is 0 Å². The van der Waals surface area contributed by atoms with Gasteiger partial charge >= 0.3 is 6.09 Å². The first kappa shape index (κ1) is 14.5. The second kappa shape index (κ2) is 7.63. The van der Waals surface area contributed by atoms with E-state index in [2.05, 4.69) is 21.3 Å². The highest BCUT2D eigenvalue weighted by Crippen LogP contribution is 2.52. The Labute approximate surface area is 118 Å². The molecule has 2 aliphatic carbocycles. The van der Waals surface area contributed by atoms with Crippen molar-refractivity contribution in [1.82, 2.24) is 9.44 Å². The predicted octanol–water partition coefficient (Wildman–Crippen LogP) is 1.30. The molecule has 0 radical (unpaired) electrons. The summed E-state index contributed by atoms with van der Waals surface area (Å²) in [4.78, 5) is 11.4. The van der Waals surface area contributed by atoms with Gasteiger partial charge in [0.25, 0.3) is 0 Å². The highest BCUT2D eigenvalue weighted by Gasteiger charge is 2.49. The van der Waals surface area contributed by atoms with Crippen molar-refractivity contribution in [1.29, 1.82) is 0 Å². The zero-order valence-corrected chi connectivity index (χ0v) is 11.7. The van der Waals surface area contributed by atoms with Crippen LogP contribution >= 0.6 is 12.1 Å². The second-order valence-corrected chi connectivity index (χ2v) is 5.54. The molecule has 19 heavy (non-hydrogen) atoms. The van der Waals surface area contributed by atoms with Gasteiger partial charge in [0.15, 0.2) is 0 Å². The average Bonchev–Trinajstić information content (AvgIpc) is 3.02. The first-order chi connectivity index (χ1) is 9.33. The Balaban J connectivity index is 1.58. The molecule has 6 heteroatoms. The van der Waals surface area contributed by atoms with Gasteiger partial charge in [0, 0.05) is 31.5 Å². The van der Waals surface area contributed by atoms with Gasteiger partial charge in [-0.15, -0.1) is 11.8 Å². The summed E-state index contributed by atoms with van der Waals surface area (Å²) in [5.41, 5.74) is 0. The van der Waals surface area contributed by atoms with Gasteiger partial charge in [-0.05, 0) is 30.6 Å². The van der Waals surface area contributed by atoms with E-state index in [1.54, 1.807) is 0 Å². The quantitative estimate of drug-likeness (QED) is 0.389. The van der Waals surface area contributed by atoms with E-state index in [1.165, 1.54) is 0 Å². The summed E-state index contributed by atoms with van der Waals surface area (Å²) in [6.07, 6.45) is 3.81. The molecule has 2 rings (SSSR count). The van der Waals surface area contributed by atoms with Crippen LogP contribution in [0.4, 0.5) is 4.79 Å². The van der Waals surface area contributed by atoms with Crippen LogP contribution in [0.5, 0.6) is 0 Å². The number of fused-ring (bicyclic) bond motifs is 1. The molecule has 106 valence electrons. The molecule has 0 aromatic rings. The number of hydrogen-bond donors (Lipinski definition) is 3. The molecule has 3 N–H and O–H groups in total. The maximum Gasteiger partial charge on any atom is 0.418 e. The van der Waals surface area contributed by atoms with E-state index in [9.17, 15) is 4.79 Å². The first-order valence-electron chi connectivity index (χ1n) is 6.71. The Morgan fingerprint density at radius 3 is 2.63 bits per heavy atom. The summed E-state index contributed by atoms with van der Waals surface area (Å²) in [5, 5.41) is 8.55. The van der Waals surface area contributed by atoms with Gasteiger partial charge in [0.05, 0.1) is 13.2 Å². The number of aliphatic hydroxyl groups excluding tert-OH is 1. The van der Waals surface area contributed by atoms with E-state index in [4.69, 9.17) is 9.84 Å². The number of hydrogen-bond acceptors (Lipinski definition) is 5. The fraction of sp³-hybridized carbons (Fsp3) is 0.769. The van der Waals surface area contributed by atoms with Gasteiger partial charge in [-0.3, -0.25) is 4.72 Å². The van der Waals surface area contributed by atoms with Crippen LogP contribution in [0.25, 0.3) is 0 Å². The number of carbonyl (C=O) groups excluding carboxylic acids is 1. The van der Waals surface area contributed by atoms with Crippen molar-refractivity contribution in [3.63, 3.8) is 0 Å². The van der Waals surface area contributed by atoms with Gasteiger partial charge in [-0.25, -0.2) is 9.52 Å². The lowest BCUT2D eigenvalue weighted by Crippen LogP contribution is -2.24. The summed E-state index contributed by atoms with van der Waals surface area (Å²) in [6, 6.07) is 0. The van der Waals surface area contributed by atoms with Crippen LogP contribution in [0.3, 0.4) is 0 Å². The van der Waals surface area contributed by atoms with Crippen molar-refractivity contribution in [2.45, 2.75) is 25.7 Å². The fourth-order valence-corrected chi connectivity index (χ4v) is 3.07. The molecular weight excluding hydrogens is 264 g/mol. The maximum atomic E-state index is 11.4. The number of nitrogens with one attached hydrogen (secondary N) is 2. The van der Waals surface area contributed by atoms with Crippen molar-refractivity contribution < 1.29 is 14.6 Å². The zero-order chi connectivity index (χ0) is 13.5. The molecule has 0 bridgehead atoms. The van der Waals surface area contributed by atoms with E-state index in [0.717, 1.165) is 37.8 Å². The van der Waals surface area contributed by atoms with E-state index < -0.39 is 6.09 Å². The summed E-state index contributed by atoms with van der Waals surface area (Å²) in [5.74, 6) is 8.25. The maximum absolute atomic E-state index is 11.4. The minimum Gasteiger partial charge on any atom is -0.449 e.